The normalized spacial score (nSPS) is 22.0. The van der Waals surface area contributed by atoms with Gasteiger partial charge < -0.3 is 39.4 Å². The molecule has 2 aromatic carbocycles. The van der Waals surface area contributed by atoms with Crippen LogP contribution in [-0.4, -0.2) is 62.0 Å². The van der Waals surface area contributed by atoms with Gasteiger partial charge in [0.2, 0.25) is 6.29 Å². The number of rotatable bonds is 8. The molecule has 1 fully saturated rings. The van der Waals surface area contributed by atoms with Crippen molar-refractivity contribution in [3.05, 3.63) is 74.7 Å². The number of fused-ring (bicyclic) bond motifs is 1. The number of allylic oxidation sites excluding steroid dienone is 2. The van der Waals surface area contributed by atoms with Gasteiger partial charge in [0.15, 0.2) is 5.78 Å². The molecule has 0 aliphatic carbocycles. The van der Waals surface area contributed by atoms with Crippen LogP contribution in [0, 0.1) is 12.8 Å². The quantitative estimate of drug-likeness (QED) is 0.155. The summed E-state index contributed by atoms with van der Waals surface area (Å²) in [5, 5.41) is 52.0. The van der Waals surface area contributed by atoms with Crippen LogP contribution in [0.15, 0.2) is 51.2 Å². The van der Waals surface area contributed by atoms with Gasteiger partial charge in [-0.05, 0) is 76.9 Å². The van der Waals surface area contributed by atoms with E-state index in [4.69, 9.17) is 13.9 Å². The van der Waals surface area contributed by atoms with Crippen LogP contribution in [0.3, 0.4) is 0 Å². The first-order chi connectivity index (χ1) is 19.2. The van der Waals surface area contributed by atoms with Gasteiger partial charge in [0, 0.05) is 23.5 Å². The van der Waals surface area contributed by atoms with Crippen LogP contribution in [-0.2, 0) is 17.6 Å². The molecule has 1 aromatic heterocycles. The summed E-state index contributed by atoms with van der Waals surface area (Å²) in [6.45, 7) is 8.37. The molecule has 0 radical (unpaired) electrons. The SMILES string of the molecule is CC(C)=CCc1cc(C(=O)Cc2c(O)c3ccc(O[C@@H]4OC(C)(C)[C@H](CO)[C@H](O)C4O)c(C)c3oc2=O)ccc1O. The maximum Gasteiger partial charge on any atom is 0.343 e. The number of ketones is 1. The van der Waals surface area contributed by atoms with E-state index in [-0.39, 0.29) is 33.6 Å². The molecule has 4 rings (SSSR count). The zero-order chi connectivity index (χ0) is 30.2. The smallest absolute Gasteiger partial charge is 0.343 e. The zero-order valence-electron chi connectivity index (χ0n) is 23.7. The molecule has 3 aromatic rings. The van der Waals surface area contributed by atoms with E-state index in [1.165, 1.54) is 24.3 Å². The Balaban J connectivity index is 1.62. The van der Waals surface area contributed by atoms with Crippen LogP contribution in [0.1, 0.15) is 54.7 Å². The number of aromatic hydroxyl groups is 2. The molecule has 41 heavy (non-hydrogen) atoms. The summed E-state index contributed by atoms with van der Waals surface area (Å²) in [6.07, 6.45) is -2.13. The Morgan fingerprint density at radius 2 is 1.80 bits per heavy atom. The second-order valence-electron chi connectivity index (χ2n) is 11.2. The summed E-state index contributed by atoms with van der Waals surface area (Å²) in [5.41, 5.74) is 0.115. The Labute approximate surface area is 237 Å². The third kappa shape index (κ3) is 6.01. The molecule has 1 aliphatic rings. The molecule has 2 heterocycles. The number of aryl methyl sites for hydroxylation is 1. The molecular formula is C31H36O10. The standard InChI is InChI=1S/C31H36O10/c1-15(2)6-7-17-12-18(8-10-22(17)33)23(34)13-20-25(35)19-9-11-24(16(3)28(19)40-29(20)38)39-30-27(37)26(36)21(14-32)31(4,5)41-30/h6,8-12,21,26-27,30,32-33,35-37H,7,13-14H2,1-5H3/t21-,26+,27?,30-/m1/s1. The maximum absolute atomic E-state index is 13.1. The molecule has 0 saturated carbocycles. The lowest BCUT2D eigenvalue weighted by molar-refractivity contribution is -0.292. The zero-order valence-corrected chi connectivity index (χ0v) is 23.7. The Morgan fingerprint density at radius 3 is 2.46 bits per heavy atom. The number of phenolic OH excluding ortho intramolecular Hbond substituents is 1. The second-order valence-corrected chi connectivity index (χ2v) is 11.2. The first-order valence-corrected chi connectivity index (χ1v) is 13.3. The number of carbonyl (C=O) groups excluding carboxylic acids is 1. The molecule has 1 unspecified atom stereocenters. The lowest BCUT2D eigenvalue weighted by Gasteiger charge is -2.46. The van der Waals surface area contributed by atoms with Crippen molar-refractivity contribution in [1.82, 2.24) is 0 Å². The number of aliphatic hydroxyl groups is 3. The fourth-order valence-corrected chi connectivity index (χ4v) is 5.00. The molecule has 0 bridgehead atoms. The van der Waals surface area contributed by atoms with Gasteiger partial charge in [-0.15, -0.1) is 0 Å². The van der Waals surface area contributed by atoms with Crippen molar-refractivity contribution in [2.24, 2.45) is 5.92 Å². The highest BCUT2D eigenvalue weighted by molar-refractivity contribution is 5.99. The van der Waals surface area contributed by atoms with E-state index in [0.29, 0.717) is 17.5 Å². The number of aliphatic hydroxyl groups excluding tert-OH is 3. The summed E-state index contributed by atoms with van der Waals surface area (Å²) >= 11 is 0. The van der Waals surface area contributed by atoms with E-state index >= 15 is 0 Å². The van der Waals surface area contributed by atoms with Gasteiger partial charge in [-0.2, -0.15) is 0 Å². The number of hydrogen-bond donors (Lipinski definition) is 5. The summed E-state index contributed by atoms with van der Waals surface area (Å²) in [5.74, 6) is -1.35. The predicted octanol–water partition coefficient (Wildman–Crippen LogP) is 3.29. The Bertz CT molecular complexity index is 1550. The van der Waals surface area contributed by atoms with Crippen molar-refractivity contribution in [3.8, 4) is 17.2 Å². The molecule has 0 spiro atoms. The molecular weight excluding hydrogens is 532 g/mol. The van der Waals surface area contributed by atoms with Crippen molar-refractivity contribution in [2.45, 2.75) is 71.6 Å². The molecule has 0 amide bonds. The summed E-state index contributed by atoms with van der Waals surface area (Å²) in [6, 6.07) is 7.39. The van der Waals surface area contributed by atoms with E-state index in [9.17, 15) is 35.1 Å². The van der Waals surface area contributed by atoms with Gasteiger partial charge in [0.1, 0.15) is 28.9 Å². The van der Waals surface area contributed by atoms with E-state index in [1.807, 2.05) is 19.9 Å². The van der Waals surface area contributed by atoms with Gasteiger partial charge in [-0.3, -0.25) is 4.79 Å². The van der Waals surface area contributed by atoms with Gasteiger partial charge in [-0.25, -0.2) is 4.79 Å². The molecule has 1 aliphatic heterocycles. The van der Waals surface area contributed by atoms with Gasteiger partial charge in [0.05, 0.1) is 29.3 Å². The lowest BCUT2D eigenvalue weighted by Crippen LogP contribution is -2.61. The monoisotopic (exact) mass is 568 g/mol. The van der Waals surface area contributed by atoms with E-state index < -0.39 is 60.2 Å². The number of ether oxygens (including phenoxy) is 2. The van der Waals surface area contributed by atoms with Crippen LogP contribution in [0.5, 0.6) is 17.2 Å². The Morgan fingerprint density at radius 1 is 1.10 bits per heavy atom. The minimum Gasteiger partial charge on any atom is -0.508 e. The molecule has 1 saturated heterocycles. The highest BCUT2D eigenvalue weighted by Gasteiger charge is 2.49. The van der Waals surface area contributed by atoms with Crippen molar-refractivity contribution >= 4 is 16.8 Å². The highest BCUT2D eigenvalue weighted by Crippen LogP contribution is 2.38. The number of carbonyl (C=O) groups is 1. The molecule has 5 N–H and O–H groups in total. The van der Waals surface area contributed by atoms with Crippen LogP contribution in [0.4, 0.5) is 0 Å². The first-order valence-electron chi connectivity index (χ1n) is 13.3. The van der Waals surface area contributed by atoms with Crippen molar-refractivity contribution in [2.75, 3.05) is 6.61 Å². The van der Waals surface area contributed by atoms with Gasteiger partial charge in [-0.1, -0.05) is 11.6 Å². The Kier molecular flexibility index (Phi) is 8.60. The largest absolute Gasteiger partial charge is 0.508 e. The number of Topliss-reactive ketones (excluding diaryl/α,β-unsaturated/α-hetero) is 1. The van der Waals surface area contributed by atoms with E-state index in [0.717, 1.165) is 5.57 Å². The average Bonchev–Trinajstić information content (AvgIpc) is 2.90. The number of phenols is 1. The van der Waals surface area contributed by atoms with Crippen molar-refractivity contribution in [3.63, 3.8) is 0 Å². The fraction of sp³-hybridized carbons (Fsp3) is 0.419. The third-order valence-electron chi connectivity index (χ3n) is 7.60. The lowest BCUT2D eigenvalue weighted by atomic mass is 9.81. The third-order valence-corrected chi connectivity index (χ3v) is 7.60. The maximum atomic E-state index is 13.1. The van der Waals surface area contributed by atoms with Crippen molar-refractivity contribution < 1.29 is 44.2 Å². The van der Waals surface area contributed by atoms with Crippen LogP contribution < -0.4 is 10.4 Å². The van der Waals surface area contributed by atoms with Gasteiger partial charge >= 0.3 is 5.63 Å². The second kappa shape index (κ2) is 11.7. The summed E-state index contributed by atoms with van der Waals surface area (Å²) in [7, 11) is 0. The topological polar surface area (TPSA) is 167 Å². The minimum atomic E-state index is -1.47. The highest BCUT2D eigenvalue weighted by atomic mass is 16.7. The van der Waals surface area contributed by atoms with Crippen LogP contribution in [0.2, 0.25) is 0 Å². The van der Waals surface area contributed by atoms with Crippen LogP contribution in [0.25, 0.3) is 11.0 Å². The fourth-order valence-electron chi connectivity index (χ4n) is 5.00. The van der Waals surface area contributed by atoms with E-state index in [1.54, 1.807) is 26.8 Å². The predicted molar refractivity (Wildman–Crippen MR) is 150 cm³/mol. The molecule has 10 heteroatoms. The number of benzene rings is 2. The first kappa shape index (κ1) is 30.3. The van der Waals surface area contributed by atoms with E-state index in [2.05, 4.69) is 0 Å². The van der Waals surface area contributed by atoms with Gasteiger partial charge in [0.25, 0.3) is 0 Å². The molecule has 4 atom stereocenters. The minimum absolute atomic E-state index is 0.0215. The molecule has 220 valence electrons. The Hall–Kier alpha value is -3.70. The average molecular weight is 569 g/mol. The summed E-state index contributed by atoms with van der Waals surface area (Å²) in [4.78, 5) is 26.0. The van der Waals surface area contributed by atoms with Crippen LogP contribution >= 0.6 is 0 Å². The van der Waals surface area contributed by atoms with Crippen molar-refractivity contribution in [1.29, 1.82) is 0 Å². The summed E-state index contributed by atoms with van der Waals surface area (Å²) < 4.78 is 17.2. The molecule has 10 nitrogen and oxygen atoms in total. The number of hydrogen-bond acceptors (Lipinski definition) is 10.